The Bertz CT molecular complexity index is 1120. The zero-order valence-electron chi connectivity index (χ0n) is 16.8. The predicted octanol–water partition coefficient (Wildman–Crippen LogP) is 2.75. The first-order chi connectivity index (χ1) is 14.8. The lowest BCUT2D eigenvalue weighted by Crippen LogP contribution is -2.18. The zero-order valence-corrected chi connectivity index (χ0v) is 17.6. The maximum absolute atomic E-state index is 12.5. The highest BCUT2D eigenvalue weighted by Gasteiger charge is 2.16. The van der Waals surface area contributed by atoms with Crippen LogP contribution in [-0.4, -0.2) is 26.9 Å². The van der Waals surface area contributed by atoms with Crippen molar-refractivity contribution in [3.05, 3.63) is 65.9 Å². The van der Waals surface area contributed by atoms with E-state index in [1.165, 1.54) is 42.6 Å². The van der Waals surface area contributed by atoms with Crippen LogP contribution in [0.25, 0.3) is 0 Å². The number of rotatable bonds is 9. The maximum Gasteiger partial charge on any atom is 0.340 e. The molecule has 0 aromatic heterocycles. The van der Waals surface area contributed by atoms with E-state index in [2.05, 4.69) is 10.6 Å². The number of anilines is 2. The Morgan fingerprint density at radius 3 is 2.45 bits per heavy atom. The van der Waals surface area contributed by atoms with Gasteiger partial charge in [0.2, 0.25) is 10.0 Å². The molecule has 31 heavy (non-hydrogen) atoms. The van der Waals surface area contributed by atoms with Gasteiger partial charge in [0.05, 0.1) is 22.8 Å². The Labute approximate surface area is 180 Å². The molecule has 1 amide bonds. The first kappa shape index (κ1) is 23.6. The molecule has 0 unspecified atom stereocenters. The number of ether oxygens (including phenoxy) is 1. The zero-order chi connectivity index (χ0) is 22.9. The van der Waals surface area contributed by atoms with Gasteiger partial charge in [-0.3, -0.25) is 4.79 Å². The molecule has 0 radical (unpaired) electrons. The molecule has 9 nitrogen and oxygen atoms in total. The molecule has 0 heterocycles. The van der Waals surface area contributed by atoms with Crippen molar-refractivity contribution < 1.29 is 22.7 Å². The van der Waals surface area contributed by atoms with Gasteiger partial charge in [-0.25, -0.2) is 18.4 Å². The third kappa shape index (κ3) is 6.95. The third-order valence-corrected chi connectivity index (χ3v) is 4.99. The van der Waals surface area contributed by atoms with E-state index in [9.17, 15) is 23.3 Å². The number of para-hydroxylation sites is 1. The molecule has 0 saturated carbocycles. The molecule has 162 valence electrons. The van der Waals surface area contributed by atoms with Crippen LogP contribution in [0, 0.1) is 11.3 Å². The lowest BCUT2D eigenvalue weighted by molar-refractivity contribution is -0.112. The number of nitrogens with one attached hydrogen (secondary N) is 2. The molecule has 4 N–H and O–H groups in total. The molecule has 0 bridgehead atoms. The second kappa shape index (κ2) is 10.9. The normalized spacial score (nSPS) is 11.3. The molecule has 0 aliphatic heterocycles. The van der Waals surface area contributed by atoms with Crippen molar-refractivity contribution in [2.45, 2.75) is 24.7 Å². The number of unbranched alkanes of at least 4 members (excludes halogenated alkanes) is 1. The van der Waals surface area contributed by atoms with Crippen molar-refractivity contribution in [1.82, 2.24) is 0 Å². The minimum absolute atomic E-state index is 0.0669. The van der Waals surface area contributed by atoms with Crippen LogP contribution in [0.5, 0.6) is 0 Å². The summed E-state index contributed by atoms with van der Waals surface area (Å²) in [7, 11) is -3.82. The Kier molecular flexibility index (Phi) is 8.31. The number of carbonyl (C=O) groups is 2. The minimum Gasteiger partial charge on any atom is -0.462 e. The topological polar surface area (TPSA) is 151 Å². The molecule has 0 spiro atoms. The number of nitrogens with zero attached hydrogens (tertiary/aromatic N) is 1. The lowest BCUT2D eigenvalue weighted by Gasteiger charge is -2.10. The van der Waals surface area contributed by atoms with E-state index in [1.54, 1.807) is 18.2 Å². The van der Waals surface area contributed by atoms with Gasteiger partial charge in [0, 0.05) is 11.9 Å². The van der Waals surface area contributed by atoms with Gasteiger partial charge in [0.15, 0.2) is 0 Å². The SMILES string of the molecule is CCCCOC(=O)c1ccccc1NC(=O)/C(C#N)=C\Nc1ccc(S(N)(=O)=O)cc1. The van der Waals surface area contributed by atoms with Gasteiger partial charge in [0.25, 0.3) is 5.91 Å². The van der Waals surface area contributed by atoms with Crippen molar-refractivity contribution in [2.75, 3.05) is 17.2 Å². The molecule has 0 aliphatic carbocycles. The van der Waals surface area contributed by atoms with Gasteiger partial charge in [-0.2, -0.15) is 5.26 Å². The number of hydrogen-bond donors (Lipinski definition) is 3. The third-order valence-electron chi connectivity index (χ3n) is 4.06. The van der Waals surface area contributed by atoms with Crippen molar-refractivity contribution in [2.24, 2.45) is 5.14 Å². The number of carbonyl (C=O) groups excluding carboxylic acids is 2. The molecular weight excluding hydrogens is 420 g/mol. The van der Waals surface area contributed by atoms with Crippen LogP contribution in [0.3, 0.4) is 0 Å². The number of hydrogen-bond acceptors (Lipinski definition) is 7. The summed E-state index contributed by atoms with van der Waals surface area (Å²) in [5, 5.41) is 19.6. The standard InChI is InChI=1S/C21H22N4O5S/c1-2-3-12-30-21(27)18-6-4-5-7-19(18)25-20(26)15(13-22)14-24-16-8-10-17(11-9-16)31(23,28)29/h4-11,14,24H,2-3,12H2,1H3,(H,25,26)(H2,23,28,29)/b15-14-. The summed E-state index contributed by atoms with van der Waals surface area (Å²) < 4.78 is 27.8. The van der Waals surface area contributed by atoms with Crippen LogP contribution >= 0.6 is 0 Å². The first-order valence-corrected chi connectivity index (χ1v) is 10.9. The first-order valence-electron chi connectivity index (χ1n) is 9.33. The van der Waals surface area contributed by atoms with Crippen LogP contribution in [0.1, 0.15) is 30.1 Å². The van der Waals surface area contributed by atoms with Gasteiger partial charge in [-0.1, -0.05) is 25.5 Å². The van der Waals surface area contributed by atoms with Gasteiger partial charge < -0.3 is 15.4 Å². The van der Waals surface area contributed by atoms with Crippen LogP contribution in [0.4, 0.5) is 11.4 Å². The number of benzene rings is 2. The van der Waals surface area contributed by atoms with Gasteiger partial charge in [0.1, 0.15) is 11.6 Å². The van der Waals surface area contributed by atoms with Crippen molar-refractivity contribution in [3.63, 3.8) is 0 Å². The maximum atomic E-state index is 12.5. The number of nitriles is 1. The van der Waals surface area contributed by atoms with Crippen LogP contribution in [-0.2, 0) is 19.6 Å². The van der Waals surface area contributed by atoms with Gasteiger partial charge in [-0.05, 0) is 42.8 Å². The molecule has 10 heteroatoms. The average molecular weight is 442 g/mol. The monoisotopic (exact) mass is 442 g/mol. The highest BCUT2D eigenvalue weighted by atomic mass is 32.2. The fourth-order valence-corrected chi connectivity index (χ4v) is 2.91. The van der Waals surface area contributed by atoms with Crippen molar-refractivity contribution in [3.8, 4) is 6.07 Å². The second-order valence-corrected chi connectivity index (χ2v) is 7.93. The Balaban J connectivity index is 2.11. The lowest BCUT2D eigenvalue weighted by atomic mass is 10.1. The molecule has 2 aromatic carbocycles. The molecule has 0 atom stereocenters. The second-order valence-electron chi connectivity index (χ2n) is 6.37. The van der Waals surface area contributed by atoms with E-state index in [0.717, 1.165) is 12.8 Å². The van der Waals surface area contributed by atoms with Gasteiger partial charge in [-0.15, -0.1) is 0 Å². The molecule has 2 rings (SSSR count). The highest BCUT2D eigenvalue weighted by molar-refractivity contribution is 7.89. The van der Waals surface area contributed by atoms with Crippen molar-refractivity contribution in [1.29, 1.82) is 5.26 Å². The molecular formula is C21H22N4O5S. The average Bonchev–Trinajstić information content (AvgIpc) is 2.74. The fourth-order valence-electron chi connectivity index (χ4n) is 2.39. The van der Waals surface area contributed by atoms with E-state index in [4.69, 9.17) is 9.88 Å². The van der Waals surface area contributed by atoms with Crippen LogP contribution < -0.4 is 15.8 Å². The smallest absolute Gasteiger partial charge is 0.340 e. The number of esters is 1. The molecule has 0 aliphatic rings. The molecule has 2 aromatic rings. The summed E-state index contributed by atoms with van der Waals surface area (Å²) >= 11 is 0. The van der Waals surface area contributed by atoms with E-state index < -0.39 is 21.9 Å². The Hall–Kier alpha value is -3.68. The Morgan fingerprint density at radius 2 is 1.84 bits per heavy atom. The highest BCUT2D eigenvalue weighted by Crippen LogP contribution is 2.18. The van der Waals surface area contributed by atoms with E-state index in [1.807, 2.05) is 6.92 Å². The summed E-state index contributed by atoms with van der Waals surface area (Å²) in [6.07, 6.45) is 2.77. The predicted molar refractivity (Wildman–Crippen MR) is 115 cm³/mol. The summed E-state index contributed by atoms with van der Waals surface area (Å²) in [4.78, 5) is 24.7. The minimum atomic E-state index is -3.82. The Morgan fingerprint density at radius 1 is 1.16 bits per heavy atom. The van der Waals surface area contributed by atoms with Crippen LogP contribution in [0.15, 0.2) is 65.2 Å². The molecule has 0 fully saturated rings. The number of amides is 1. The quantitative estimate of drug-likeness (QED) is 0.234. The molecule has 0 saturated heterocycles. The summed E-state index contributed by atoms with van der Waals surface area (Å²) in [6.45, 7) is 2.25. The summed E-state index contributed by atoms with van der Waals surface area (Å²) in [5.74, 6) is -1.30. The van der Waals surface area contributed by atoms with Gasteiger partial charge >= 0.3 is 5.97 Å². The van der Waals surface area contributed by atoms with E-state index >= 15 is 0 Å². The fraction of sp³-hybridized carbons (Fsp3) is 0.190. The van der Waals surface area contributed by atoms with E-state index in [-0.39, 0.29) is 28.3 Å². The number of sulfonamides is 1. The van der Waals surface area contributed by atoms with E-state index in [0.29, 0.717) is 5.69 Å². The summed E-state index contributed by atoms with van der Waals surface area (Å²) in [6, 6.07) is 13.5. The van der Waals surface area contributed by atoms with Crippen molar-refractivity contribution >= 4 is 33.3 Å². The number of primary sulfonamides is 1. The van der Waals surface area contributed by atoms with Crippen LogP contribution in [0.2, 0.25) is 0 Å². The summed E-state index contributed by atoms with van der Waals surface area (Å²) in [5.41, 5.74) is 0.570. The number of nitrogens with two attached hydrogens (primary N) is 1. The largest absolute Gasteiger partial charge is 0.462 e.